The van der Waals surface area contributed by atoms with Gasteiger partial charge >= 0.3 is 11.9 Å². The quantitative estimate of drug-likeness (QED) is 0.619. The van der Waals surface area contributed by atoms with Gasteiger partial charge in [-0.3, -0.25) is 9.59 Å². The SMILES string of the molecule is COc1cccc(OC(C)=O)c1-c1c(OC)cccc1OC(C)=O. The standard InChI is InChI=1S/C18H18O6/c1-11(19)23-15-9-5-7-13(21-3)17(15)18-14(22-4)8-6-10-16(18)24-12(2)20/h5-10H,1-4H3. The van der Waals surface area contributed by atoms with E-state index in [0.717, 1.165) is 0 Å². The zero-order valence-electron chi connectivity index (χ0n) is 13.9. The van der Waals surface area contributed by atoms with E-state index in [2.05, 4.69) is 0 Å². The van der Waals surface area contributed by atoms with E-state index in [-0.39, 0.29) is 11.5 Å². The summed E-state index contributed by atoms with van der Waals surface area (Å²) in [5.41, 5.74) is 0.924. The largest absolute Gasteiger partial charge is 0.496 e. The molecule has 0 unspecified atom stereocenters. The van der Waals surface area contributed by atoms with E-state index in [1.165, 1.54) is 28.1 Å². The maximum absolute atomic E-state index is 11.4. The van der Waals surface area contributed by atoms with Crippen LogP contribution in [-0.4, -0.2) is 26.2 Å². The highest BCUT2D eigenvalue weighted by molar-refractivity contribution is 5.88. The van der Waals surface area contributed by atoms with Gasteiger partial charge in [-0.05, 0) is 24.3 Å². The van der Waals surface area contributed by atoms with Crippen molar-refractivity contribution in [2.45, 2.75) is 13.8 Å². The van der Waals surface area contributed by atoms with Crippen molar-refractivity contribution in [2.24, 2.45) is 0 Å². The zero-order chi connectivity index (χ0) is 17.7. The first-order valence-electron chi connectivity index (χ1n) is 7.19. The van der Waals surface area contributed by atoms with Gasteiger partial charge < -0.3 is 18.9 Å². The summed E-state index contributed by atoms with van der Waals surface area (Å²) in [6.45, 7) is 2.61. The van der Waals surface area contributed by atoms with Gasteiger partial charge in [0.25, 0.3) is 0 Å². The van der Waals surface area contributed by atoms with Crippen LogP contribution in [0.2, 0.25) is 0 Å². The fourth-order valence-corrected chi connectivity index (χ4v) is 2.33. The third kappa shape index (κ3) is 3.65. The van der Waals surface area contributed by atoms with Gasteiger partial charge in [-0.25, -0.2) is 0 Å². The Balaban J connectivity index is 2.78. The van der Waals surface area contributed by atoms with E-state index in [4.69, 9.17) is 18.9 Å². The van der Waals surface area contributed by atoms with Crippen molar-refractivity contribution in [3.8, 4) is 34.1 Å². The average molecular weight is 330 g/mol. The number of carbonyl (C=O) groups is 2. The molecule has 0 aliphatic rings. The normalized spacial score (nSPS) is 10.0. The van der Waals surface area contributed by atoms with Crippen LogP contribution in [0.4, 0.5) is 0 Å². The van der Waals surface area contributed by atoms with E-state index in [1.807, 2.05) is 0 Å². The molecule has 0 N–H and O–H groups in total. The second-order valence-electron chi connectivity index (χ2n) is 4.85. The maximum atomic E-state index is 11.4. The highest BCUT2D eigenvalue weighted by atomic mass is 16.5. The van der Waals surface area contributed by atoms with Crippen molar-refractivity contribution in [2.75, 3.05) is 14.2 Å². The molecule has 24 heavy (non-hydrogen) atoms. The van der Waals surface area contributed by atoms with Crippen molar-refractivity contribution in [1.29, 1.82) is 0 Å². The van der Waals surface area contributed by atoms with Crippen LogP contribution in [-0.2, 0) is 9.59 Å². The summed E-state index contributed by atoms with van der Waals surface area (Å²) in [6, 6.07) is 10.1. The van der Waals surface area contributed by atoms with E-state index >= 15 is 0 Å². The van der Waals surface area contributed by atoms with Gasteiger partial charge in [0, 0.05) is 13.8 Å². The molecule has 2 rings (SSSR count). The van der Waals surface area contributed by atoms with Gasteiger partial charge in [-0.15, -0.1) is 0 Å². The van der Waals surface area contributed by atoms with Gasteiger partial charge in [-0.1, -0.05) is 12.1 Å². The second-order valence-corrected chi connectivity index (χ2v) is 4.85. The maximum Gasteiger partial charge on any atom is 0.308 e. The highest BCUT2D eigenvalue weighted by Gasteiger charge is 2.23. The summed E-state index contributed by atoms with van der Waals surface area (Å²) in [5, 5.41) is 0. The lowest BCUT2D eigenvalue weighted by Gasteiger charge is -2.18. The first-order chi connectivity index (χ1) is 11.5. The Hall–Kier alpha value is -3.02. The molecule has 0 heterocycles. The van der Waals surface area contributed by atoms with Crippen LogP contribution in [0.25, 0.3) is 11.1 Å². The Bertz CT molecular complexity index is 701. The van der Waals surface area contributed by atoms with Crippen LogP contribution >= 0.6 is 0 Å². The minimum Gasteiger partial charge on any atom is -0.496 e. The van der Waals surface area contributed by atoms with Crippen LogP contribution in [0.1, 0.15) is 13.8 Å². The predicted molar refractivity (Wildman–Crippen MR) is 87.6 cm³/mol. The summed E-state index contributed by atoms with van der Waals surface area (Å²) in [4.78, 5) is 22.9. The molecule has 0 bridgehead atoms. The Morgan fingerprint density at radius 2 is 1.00 bits per heavy atom. The van der Waals surface area contributed by atoms with Crippen LogP contribution in [0.5, 0.6) is 23.0 Å². The minimum absolute atomic E-state index is 0.278. The zero-order valence-corrected chi connectivity index (χ0v) is 13.9. The fraction of sp³-hybridized carbons (Fsp3) is 0.222. The summed E-state index contributed by atoms with van der Waals surface area (Å²) in [6.07, 6.45) is 0. The van der Waals surface area contributed by atoms with Crippen molar-refractivity contribution in [1.82, 2.24) is 0 Å². The van der Waals surface area contributed by atoms with E-state index in [0.29, 0.717) is 22.6 Å². The molecule has 0 saturated carbocycles. The number of methoxy groups -OCH3 is 2. The Morgan fingerprint density at radius 3 is 1.29 bits per heavy atom. The van der Waals surface area contributed by atoms with E-state index in [9.17, 15) is 9.59 Å². The lowest BCUT2D eigenvalue weighted by Crippen LogP contribution is -2.06. The average Bonchev–Trinajstić information content (AvgIpc) is 2.53. The number of carbonyl (C=O) groups excluding carboxylic acids is 2. The molecule has 2 aromatic carbocycles. The molecule has 0 saturated heterocycles. The third-order valence-corrected chi connectivity index (χ3v) is 3.17. The highest BCUT2D eigenvalue weighted by Crippen LogP contribution is 2.47. The molecule has 6 nitrogen and oxygen atoms in total. The van der Waals surface area contributed by atoms with Crippen LogP contribution in [0.15, 0.2) is 36.4 Å². The van der Waals surface area contributed by atoms with Gasteiger partial charge in [0.1, 0.15) is 23.0 Å². The van der Waals surface area contributed by atoms with Gasteiger partial charge in [-0.2, -0.15) is 0 Å². The van der Waals surface area contributed by atoms with Crippen LogP contribution < -0.4 is 18.9 Å². The molecule has 6 heteroatoms. The summed E-state index contributed by atoms with van der Waals surface area (Å²) >= 11 is 0. The molecule has 0 atom stereocenters. The fourth-order valence-electron chi connectivity index (χ4n) is 2.33. The molecule has 0 aliphatic carbocycles. The third-order valence-electron chi connectivity index (χ3n) is 3.17. The van der Waals surface area contributed by atoms with Crippen LogP contribution in [0.3, 0.4) is 0 Å². The Labute approximate surface area is 139 Å². The molecule has 0 spiro atoms. The van der Waals surface area contributed by atoms with E-state index in [1.54, 1.807) is 36.4 Å². The number of hydrogen-bond acceptors (Lipinski definition) is 6. The van der Waals surface area contributed by atoms with Crippen molar-refractivity contribution in [3.63, 3.8) is 0 Å². The second kappa shape index (κ2) is 7.50. The van der Waals surface area contributed by atoms with Gasteiger partial charge in [0.15, 0.2) is 0 Å². The molecule has 0 aliphatic heterocycles. The molecule has 0 amide bonds. The molecule has 0 aromatic heterocycles. The summed E-state index contributed by atoms with van der Waals surface area (Å²) in [7, 11) is 2.99. The monoisotopic (exact) mass is 330 g/mol. The summed E-state index contributed by atoms with van der Waals surface area (Å²) < 4.78 is 21.4. The number of benzene rings is 2. The summed E-state index contributed by atoms with van der Waals surface area (Å²) in [5.74, 6) is 0.500. The number of esters is 2. The first kappa shape index (κ1) is 17.3. The molecular weight excluding hydrogens is 312 g/mol. The lowest BCUT2D eigenvalue weighted by molar-refractivity contribution is -0.132. The first-order valence-corrected chi connectivity index (χ1v) is 7.19. The lowest BCUT2D eigenvalue weighted by atomic mass is 10.0. The topological polar surface area (TPSA) is 71.1 Å². The van der Waals surface area contributed by atoms with Gasteiger partial charge in [0.05, 0.1) is 25.3 Å². The minimum atomic E-state index is -0.478. The van der Waals surface area contributed by atoms with Crippen molar-refractivity contribution in [3.05, 3.63) is 36.4 Å². The number of ether oxygens (including phenoxy) is 4. The van der Waals surface area contributed by atoms with Crippen LogP contribution in [0, 0.1) is 0 Å². The smallest absolute Gasteiger partial charge is 0.308 e. The van der Waals surface area contributed by atoms with Crippen molar-refractivity contribution < 1.29 is 28.5 Å². The molecule has 0 radical (unpaired) electrons. The molecule has 126 valence electrons. The number of rotatable bonds is 5. The Kier molecular flexibility index (Phi) is 5.42. The molecule has 0 fully saturated rings. The predicted octanol–water partition coefficient (Wildman–Crippen LogP) is 3.22. The van der Waals surface area contributed by atoms with Crippen molar-refractivity contribution >= 4 is 11.9 Å². The number of hydrogen-bond donors (Lipinski definition) is 0. The van der Waals surface area contributed by atoms with E-state index < -0.39 is 11.9 Å². The molecular formula is C18H18O6. The molecule has 2 aromatic rings. The Morgan fingerprint density at radius 1 is 0.667 bits per heavy atom. The van der Waals surface area contributed by atoms with Gasteiger partial charge in [0.2, 0.25) is 0 Å².